The molecule has 0 unspecified atom stereocenters. The zero-order valence-electron chi connectivity index (χ0n) is 8.25. The number of rotatable bonds is 1. The summed E-state index contributed by atoms with van der Waals surface area (Å²) in [6.07, 6.45) is -4.43. The molecule has 2 nitrogen and oxygen atoms in total. The number of aromatic amines is 1. The molecule has 1 aromatic heterocycles. The van der Waals surface area contributed by atoms with E-state index in [2.05, 4.69) is 21.0 Å². The number of nitrogens with one attached hydrogen (secondary N) is 1. The lowest BCUT2D eigenvalue weighted by Crippen LogP contribution is -2.07. The van der Waals surface area contributed by atoms with E-state index >= 15 is 0 Å². The van der Waals surface area contributed by atoms with Gasteiger partial charge in [-0.3, -0.25) is 5.10 Å². The van der Waals surface area contributed by atoms with Gasteiger partial charge in [-0.25, -0.2) is 4.68 Å². The number of hydrogen-bond donors (Lipinski definition) is 1. The van der Waals surface area contributed by atoms with Crippen LogP contribution in [0, 0.1) is 4.64 Å². The Morgan fingerprint density at radius 1 is 1.24 bits per heavy atom. The third kappa shape index (κ3) is 2.44. The standard InChI is InChI=1S/C10H6BrF3N2S/c11-6-3-1-2-4-7(6)16-9(17)5-8(15-16)10(12,13)14/h1-5,15H. The molecule has 1 aromatic carbocycles. The summed E-state index contributed by atoms with van der Waals surface area (Å²) in [5.74, 6) is 0. The van der Waals surface area contributed by atoms with E-state index in [9.17, 15) is 13.2 Å². The maximum atomic E-state index is 12.5. The molecule has 1 heterocycles. The van der Waals surface area contributed by atoms with Gasteiger partial charge in [0.15, 0.2) is 0 Å². The van der Waals surface area contributed by atoms with Crippen molar-refractivity contribution in [1.82, 2.24) is 9.78 Å². The third-order valence-corrected chi connectivity index (χ3v) is 3.09. The summed E-state index contributed by atoms with van der Waals surface area (Å²) >= 11 is 8.15. The first-order chi connectivity index (χ1) is 7.89. The molecule has 17 heavy (non-hydrogen) atoms. The molecule has 0 radical (unpaired) electrons. The second-order valence-electron chi connectivity index (χ2n) is 3.29. The third-order valence-electron chi connectivity index (χ3n) is 2.12. The van der Waals surface area contributed by atoms with Gasteiger partial charge >= 0.3 is 6.18 Å². The maximum Gasteiger partial charge on any atom is 0.432 e. The second-order valence-corrected chi connectivity index (χ2v) is 4.57. The molecular weight excluding hydrogens is 317 g/mol. The first-order valence-electron chi connectivity index (χ1n) is 4.54. The predicted octanol–water partition coefficient (Wildman–Crippen LogP) is 4.32. The van der Waals surface area contributed by atoms with Crippen LogP contribution in [0.5, 0.6) is 0 Å². The molecule has 0 fully saturated rings. The Labute approximate surface area is 108 Å². The van der Waals surface area contributed by atoms with Gasteiger partial charge < -0.3 is 0 Å². The number of H-pyrrole nitrogens is 1. The minimum atomic E-state index is -4.43. The minimum absolute atomic E-state index is 0.0734. The highest BCUT2D eigenvalue weighted by Gasteiger charge is 2.33. The molecule has 2 rings (SSSR count). The highest BCUT2D eigenvalue weighted by Crippen LogP contribution is 2.29. The molecule has 0 atom stereocenters. The van der Waals surface area contributed by atoms with Crippen molar-refractivity contribution in [1.29, 1.82) is 0 Å². The molecule has 0 bridgehead atoms. The van der Waals surface area contributed by atoms with Crippen LogP contribution in [0.4, 0.5) is 13.2 Å². The van der Waals surface area contributed by atoms with Gasteiger partial charge in [0.2, 0.25) is 0 Å². The normalized spacial score (nSPS) is 11.8. The quantitative estimate of drug-likeness (QED) is 0.775. The Hall–Kier alpha value is -1.08. The van der Waals surface area contributed by atoms with E-state index in [-0.39, 0.29) is 4.64 Å². The monoisotopic (exact) mass is 322 g/mol. The Morgan fingerprint density at radius 2 is 1.88 bits per heavy atom. The fourth-order valence-electron chi connectivity index (χ4n) is 1.35. The number of alkyl halides is 3. The zero-order valence-corrected chi connectivity index (χ0v) is 10.7. The van der Waals surface area contributed by atoms with Gasteiger partial charge in [-0.1, -0.05) is 24.4 Å². The Bertz CT molecular complexity index is 600. The predicted molar refractivity (Wildman–Crippen MR) is 63.7 cm³/mol. The molecule has 0 aliphatic heterocycles. The van der Waals surface area contributed by atoms with Crippen LogP contribution in [0.1, 0.15) is 5.69 Å². The fourth-order valence-corrected chi connectivity index (χ4v) is 2.08. The van der Waals surface area contributed by atoms with Crippen LogP contribution < -0.4 is 0 Å². The van der Waals surface area contributed by atoms with Crippen molar-refractivity contribution >= 4 is 28.1 Å². The molecular formula is C10H6BrF3N2S. The van der Waals surface area contributed by atoms with Crippen LogP contribution in [0.15, 0.2) is 34.8 Å². The first-order valence-corrected chi connectivity index (χ1v) is 5.74. The number of hydrogen-bond acceptors (Lipinski definition) is 1. The van der Waals surface area contributed by atoms with E-state index in [1.54, 1.807) is 24.3 Å². The molecule has 0 amide bonds. The molecule has 2 aromatic rings. The van der Waals surface area contributed by atoms with E-state index in [1.807, 2.05) is 0 Å². The van der Waals surface area contributed by atoms with Crippen molar-refractivity contribution in [3.8, 4) is 5.69 Å². The molecule has 0 spiro atoms. The number of benzene rings is 1. The van der Waals surface area contributed by atoms with Crippen molar-refractivity contribution in [3.05, 3.63) is 45.1 Å². The zero-order chi connectivity index (χ0) is 12.6. The Balaban J connectivity index is 2.59. The molecule has 7 heteroatoms. The summed E-state index contributed by atoms with van der Waals surface area (Å²) in [7, 11) is 0. The Kier molecular flexibility index (Phi) is 3.13. The SMILES string of the molecule is FC(F)(F)c1cc(=S)n(-c2ccccc2Br)[nH]1. The minimum Gasteiger partial charge on any atom is -0.288 e. The van der Waals surface area contributed by atoms with E-state index in [0.29, 0.717) is 10.2 Å². The lowest BCUT2D eigenvalue weighted by molar-refractivity contribution is -0.141. The van der Waals surface area contributed by atoms with Gasteiger partial charge in [-0.2, -0.15) is 13.2 Å². The first kappa shape index (κ1) is 12.4. The topological polar surface area (TPSA) is 20.7 Å². The highest BCUT2D eigenvalue weighted by molar-refractivity contribution is 9.10. The summed E-state index contributed by atoms with van der Waals surface area (Å²) < 4.78 is 39.4. The fraction of sp³-hybridized carbons (Fsp3) is 0.100. The number of para-hydroxylation sites is 1. The molecule has 0 aliphatic rings. The van der Waals surface area contributed by atoms with E-state index in [4.69, 9.17) is 12.2 Å². The van der Waals surface area contributed by atoms with Crippen LogP contribution in [-0.4, -0.2) is 9.78 Å². The van der Waals surface area contributed by atoms with Crippen LogP contribution in [0.2, 0.25) is 0 Å². The van der Waals surface area contributed by atoms with Crippen molar-refractivity contribution in [2.75, 3.05) is 0 Å². The molecule has 1 N–H and O–H groups in total. The van der Waals surface area contributed by atoms with E-state index < -0.39 is 11.9 Å². The van der Waals surface area contributed by atoms with Gasteiger partial charge in [-0.15, -0.1) is 0 Å². The van der Waals surface area contributed by atoms with Gasteiger partial charge in [0, 0.05) is 10.5 Å². The summed E-state index contributed by atoms with van der Waals surface area (Å²) in [5.41, 5.74) is -0.328. The highest BCUT2D eigenvalue weighted by atomic mass is 79.9. The van der Waals surface area contributed by atoms with Crippen LogP contribution in [-0.2, 0) is 6.18 Å². The summed E-state index contributed by atoms with van der Waals surface area (Å²) in [6, 6.07) is 7.78. The van der Waals surface area contributed by atoms with Crippen molar-refractivity contribution in [2.24, 2.45) is 0 Å². The van der Waals surface area contributed by atoms with Gasteiger partial charge in [0.1, 0.15) is 10.3 Å². The summed E-state index contributed by atoms with van der Waals surface area (Å²) in [6.45, 7) is 0. The van der Waals surface area contributed by atoms with Crippen LogP contribution >= 0.6 is 28.1 Å². The lowest BCUT2D eigenvalue weighted by Gasteiger charge is -2.06. The van der Waals surface area contributed by atoms with Gasteiger partial charge in [0.25, 0.3) is 0 Å². The Morgan fingerprint density at radius 3 is 2.41 bits per heavy atom. The van der Waals surface area contributed by atoms with E-state index in [0.717, 1.165) is 6.07 Å². The molecule has 0 saturated carbocycles. The average molecular weight is 323 g/mol. The largest absolute Gasteiger partial charge is 0.432 e. The lowest BCUT2D eigenvalue weighted by atomic mass is 10.3. The summed E-state index contributed by atoms with van der Waals surface area (Å²) in [4.78, 5) is 0. The average Bonchev–Trinajstić information content (AvgIpc) is 2.61. The van der Waals surface area contributed by atoms with Crippen molar-refractivity contribution < 1.29 is 13.2 Å². The second kappa shape index (κ2) is 4.30. The van der Waals surface area contributed by atoms with Crippen molar-refractivity contribution in [2.45, 2.75) is 6.18 Å². The number of aromatic nitrogens is 2. The van der Waals surface area contributed by atoms with Gasteiger partial charge in [0.05, 0.1) is 5.69 Å². The van der Waals surface area contributed by atoms with Gasteiger partial charge in [-0.05, 0) is 28.1 Å². The molecule has 0 saturated heterocycles. The molecule has 90 valence electrons. The molecule has 0 aliphatic carbocycles. The van der Waals surface area contributed by atoms with Crippen LogP contribution in [0.25, 0.3) is 5.69 Å². The van der Waals surface area contributed by atoms with Crippen LogP contribution in [0.3, 0.4) is 0 Å². The smallest absolute Gasteiger partial charge is 0.288 e. The van der Waals surface area contributed by atoms with Crippen molar-refractivity contribution in [3.63, 3.8) is 0 Å². The maximum absolute atomic E-state index is 12.5. The number of nitrogens with zero attached hydrogens (tertiary/aromatic N) is 1. The van der Waals surface area contributed by atoms with E-state index in [1.165, 1.54) is 4.68 Å². The number of halogens is 4. The summed E-state index contributed by atoms with van der Waals surface area (Å²) in [5, 5.41) is 2.24.